The second kappa shape index (κ2) is 4.59. The van der Waals surface area contributed by atoms with Crippen LogP contribution in [0.25, 0.3) is 16.9 Å². The van der Waals surface area contributed by atoms with E-state index in [9.17, 15) is 0 Å². The highest BCUT2D eigenvalue weighted by Crippen LogP contribution is 2.27. The molecule has 1 N–H and O–H groups in total. The maximum atomic E-state index is 5.52. The second-order valence-corrected chi connectivity index (χ2v) is 5.77. The molecular weight excluding hydrogens is 268 g/mol. The Balaban J connectivity index is 2.41. The predicted octanol–water partition coefficient (Wildman–Crippen LogP) is 3.85. The van der Waals surface area contributed by atoms with E-state index in [4.69, 9.17) is 12.2 Å². The van der Waals surface area contributed by atoms with E-state index in [1.807, 2.05) is 24.7 Å². The van der Waals surface area contributed by atoms with E-state index in [-0.39, 0.29) is 0 Å². The number of nitrogens with one attached hydrogen (secondary N) is 1. The topological polar surface area (TPSA) is 38.5 Å². The number of benzene rings is 1. The lowest BCUT2D eigenvalue weighted by molar-refractivity contribution is 0.755. The van der Waals surface area contributed by atoms with Crippen molar-refractivity contribution >= 4 is 23.4 Å². The number of aryl methyl sites for hydroxylation is 2. The molecule has 2 heterocycles. The Hall–Kier alpha value is -1.88. The van der Waals surface area contributed by atoms with E-state index in [1.54, 1.807) is 0 Å². The van der Waals surface area contributed by atoms with Crippen LogP contribution in [0.4, 0.5) is 0 Å². The van der Waals surface area contributed by atoms with Crippen LogP contribution in [0.2, 0.25) is 0 Å². The summed E-state index contributed by atoms with van der Waals surface area (Å²) in [6.45, 7) is 6.38. The van der Waals surface area contributed by atoms with E-state index >= 15 is 0 Å². The first-order valence-electron chi connectivity index (χ1n) is 6.74. The minimum atomic E-state index is 0.437. The highest BCUT2D eigenvalue weighted by Gasteiger charge is 2.16. The molecule has 1 aromatic carbocycles. The third kappa shape index (κ3) is 1.81. The van der Waals surface area contributed by atoms with Crippen LogP contribution in [0.3, 0.4) is 0 Å². The summed E-state index contributed by atoms with van der Waals surface area (Å²) in [6.07, 6.45) is 0. The minimum absolute atomic E-state index is 0.437. The summed E-state index contributed by atoms with van der Waals surface area (Å²) in [5.41, 5.74) is 5.40. The van der Waals surface area contributed by atoms with Gasteiger partial charge in [0.1, 0.15) is 5.52 Å². The molecule has 0 amide bonds. The van der Waals surface area contributed by atoms with Gasteiger partial charge in [0.2, 0.25) is 0 Å². The molecule has 20 heavy (non-hydrogen) atoms. The molecule has 3 aromatic rings. The van der Waals surface area contributed by atoms with Crippen molar-refractivity contribution in [2.24, 2.45) is 7.05 Å². The number of H-pyrrole nitrogens is 1. The summed E-state index contributed by atoms with van der Waals surface area (Å²) < 4.78 is 4.68. The number of imidazole rings is 1. The lowest BCUT2D eigenvalue weighted by Gasteiger charge is -2.14. The van der Waals surface area contributed by atoms with Gasteiger partial charge in [-0.05, 0) is 36.7 Å². The number of rotatable bonds is 2. The molecule has 3 rings (SSSR count). The minimum Gasteiger partial charge on any atom is -0.327 e. The highest BCUT2D eigenvalue weighted by atomic mass is 32.1. The maximum Gasteiger partial charge on any atom is 0.184 e. The summed E-state index contributed by atoms with van der Waals surface area (Å²) in [5, 5.41) is 4.47. The van der Waals surface area contributed by atoms with Crippen molar-refractivity contribution in [3.8, 4) is 5.69 Å². The van der Waals surface area contributed by atoms with Gasteiger partial charge in [-0.1, -0.05) is 32.0 Å². The number of para-hydroxylation sites is 1. The molecule has 0 fully saturated rings. The fourth-order valence-electron chi connectivity index (χ4n) is 2.71. The van der Waals surface area contributed by atoms with Gasteiger partial charge in [0, 0.05) is 7.05 Å². The molecule has 0 bridgehead atoms. The molecule has 0 aliphatic rings. The number of nitrogens with zero attached hydrogens (tertiary/aromatic N) is 3. The molecule has 0 aliphatic carbocycles. The molecule has 0 unspecified atom stereocenters. The van der Waals surface area contributed by atoms with E-state index in [0.29, 0.717) is 10.7 Å². The van der Waals surface area contributed by atoms with Crippen LogP contribution < -0.4 is 0 Å². The van der Waals surface area contributed by atoms with Crippen LogP contribution in [0, 0.1) is 11.7 Å². The normalized spacial score (nSPS) is 11.7. The van der Waals surface area contributed by atoms with Crippen molar-refractivity contribution in [2.45, 2.75) is 26.7 Å². The SMILES string of the molecule is Cc1nn(C)c2c1[nH]c(=S)n2-c1ccccc1C(C)C. The Labute approximate surface area is 123 Å². The summed E-state index contributed by atoms with van der Waals surface area (Å²) in [4.78, 5) is 3.28. The molecule has 0 radical (unpaired) electrons. The van der Waals surface area contributed by atoms with E-state index in [2.05, 4.69) is 46.7 Å². The molecule has 0 saturated carbocycles. The summed E-state index contributed by atoms with van der Waals surface area (Å²) >= 11 is 5.52. The largest absolute Gasteiger partial charge is 0.327 e. The van der Waals surface area contributed by atoms with Crippen molar-refractivity contribution in [3.05, 3.63) is 40.3 Å². The predicted molar refractivity (Wildman–Crippen MR) is 84.1 cm³/mol. The third-order valence-corrected chi connectivity index (χ3v) is 3.92. The number of aromatic nitrogens is 4. The zero-order valence-corrected chi connectivity index (χ0v) is 13.0. The first-order valence-corrected chi connectivity index (χ1v) is 7.15. The summed E-state index contributed by atoms with van der Waals surface area (Å²) in [5.74, 6) is 0.437. The van der Waals surface area contributed by atoms with Gasteiger partial charge in [-0.3, -0.25) is 4.57 Å². The standard InChI is InChI=1S/C15H18N4S/c1-9(2)11-7-5-6-8-12(11)19-14-13(16-15(19)20)10(3)17-18(14)4/h5-9H,1-4H3,(H,16,20). The Morgan fingerprint density at radius 1 is 1.25 bits per heavy atom. The summed E-state index contributed by atoms with van der Waals surface area (Å²) in [6, 6.07) is 8.39. The molecule has 104 valence electrons. The Morgan fingerprint density at radius 3 is 2.65 bits per heavy atom. The molecule has 0 saturated heterocycles. The lowest BCUT2D eigenvalue weighted by Crippen LogP contribution is -2.04. The molecular formula is C15H18N4S. The van der Waals surface area contributed by atoms with Gasteiger partial charge in [-0.2, -0.15) is 5.10 Å². The van der Waals surface area contributed by atoms with E-state index < -0.39 is 0 Å². The Bertz CT molecular complexity index is 835. The number of aromatic amines is 1. The van der Waals surface area contributed by atoms with Gasteiger partial charge >= 0.3 is 0 Å². The Kier molecular flexibility index (Phi) is 3.01. The number of fused-ring (bicyclic) bond motifs is 1. The Morgan fingerprint density at radius 2 is 1.95 bits per heavy atom. The van der Waals surface area contributed by atoms with Gasteiger partial charge in [0.15, 0.2) is 10.4 Å². The molecule has 4 nitrogen and oxygen atoms in total. The monoisotopic (exact) mass is 286 g/mol. The zero-order chi connectivity index (χ0) is 14.4. The highest BCUT2D eigenvalue weighted by molar-refractivity contribution is 7.71. The third-order valence-electron chi connectivity index (χ3n) is 3.64. The lowest BCUT2D eigenvalue weighted by atomic mass is 10.0. The first kappa shape index (κ1) is 13.1. The van der Waals surface area contributed by atoms with E-state index in [0.717, 1.165) is 22.5 Å². The molecule has 0 spiro atoms. The second-order valence-electron chi connectivity index (χ2n) is 5.39. The fourth-order valence-corrected chi connectivity index (χ4v) is 3.00. The quantitative estimate of drug-likeness (QED) is 0.727. The molecule has 0 atom stereocenters. The van der Waals surface area contributed by atoms with Crippen LogP contribution in [0.5, 0.6) is 0 Å². The first-order chi connectivity index (χ1) is 9.50. The van der Waals surface area contributed by atoms with Gasteiger partial charge in [0.05, 0.1) is 11.4 Å². The fraction of sp³-hybridized carbons (Fsp3) is 0.333. The maximum absolute atomic E-state index is 5.52. The molecule has 5 heteroatoms. The van der Waals surface area contributed by atoms with Crippen molar-refractivity contribution in [1.82, 2.24) is 19.3 Å². The average molecular weight is 286 g/mol. The van der Waals surface area contributed by atoms with Crippen molar-refractivity contribution < 1.29 is 0 Å². The van der Waals surface area contributed by atoms with Gasteiger partial charge in [0.25, 0.3) is 0 Å². The number of hydrogen-bond donors (Lipinski definition) is 1. The molecule has 0 aliphatic heterocycles. The van der Waals surface area contributed by atoms with Crippen molar-refractivity contribution in [1.29, 1.82) is 0 Å². The van der Waals surface area contributed by atoms with Crippen LogP contribution in [-0.4, -0.2) is 19.3 Å². The molecule has 2 aromatic heterocycles. The van der Waals surface area contributed by atoms with Gasteiger partial charge in [-0.25, -0.2) is 4.68 Å². The number of hydrogen-bond acceptors (Lipinski definition) is 2. The van der Waals surface area contributed by atoms with Crippen LogP contribution in [0.1, 0.15) is 31.0 Å². The van der Waals surface area contributed by atoms with Crippen molar-refractivity contribution in [3.63, 3.8) is 0 Å². The van der Waals surface area contributed by atoms with Gasteiger partial charge in [-0.15, -0.1) is 0 Å². The van der Waals surface area contributed by atoms with Gasteiger partial charge < -0.3 is 4.98 Å². The smallest absolute Gasteiger partial charge is 0.184 e. The average Bonchev–Trinajstić information content (AvgIpc) is 2.88. The van der Waals surface area contributed by atoms with Crippen molar-refractivity contribution in [2.75, 3.05) is 0 Å². The summed E-state index contributed by atoms with van der Waals surface area (Å²) in [7, 11) is 1.95. The van der Waals surface area contributed by atoms with E-state index in [1.165, 1.54) is 5.56 Å². The van der Waals surface area contributed by atoms with Crippen LogP contribution in [-0.2, 0) is 7.05 Å². The van der Waals surface area contributed by atoms with Crippen LogP contribution in [0.15, 0.2) is 24.3 Å². The zero-order valence-electron chi connectivity index (χ0n) is 12.1. The van der Waals surface area contributed by atoms with Crippen LogP contribution >= 0.6 is 12.2 Å².